The van der Waals surface area contributed by atoms with Crippen LogP contribution in [0.1, 0.15) is 23.6 Å². The van der Waals surface area contributed by atoms with Crippen molar-refractivity contribution in [2.24, 2.45) is 0 Å². The number of piperazine rings is 1. The van der Waals surface area contributed by atoms with Gasteiger partial charge in [-0.15, -0.1) is 0 Å². The molecule has 0 radical (unpaired) electrons. The molecule has 0 aliphatic carbocycles. The lowest BCUT2D eigenvalue weighted by Crippen LogP contribution is -2.51. The lowest BCUT2D eigenvalue weighted by atomic mass is 10.2. The first-order valence-electron chi connectivity index (χ1n) is 11.7. The molecule has 1 amide bonds. The molecule has 0 aromatic carbocycles. The van der Waals surface area contributed by atoms with Gasteiger partial charge in [0.2, 0.25) is 11.9 Å². The molecule has 1 aliphatic heterocycles. The van der Waals surface area contributed by atoms with Crippen LogP contribution < -0.4 is 25.4 Å². The summed E-state index contributed by atoms with van der Waals surface area (Å²) in [5.74, 6) is 0.182. The van der Waals surface area contributed by atoms with E-state index in [1.54, 1.807) is 18.9 Å². The Balaban J connectivity index is 1.41. The number of nitrogens with one attached hydrogen (secondary N) is 2. The van der Waals surface area contributed by atoms with Crippen molar-refractivity contribution in [3.8, 4) is 5.75 Å². The summed E-state index contributed by atoms with van der Waals surface area (Å²) < 4.78 is 83.9. The standard InChI is InChI=1S/C23H22F6N8O3/c1-12(34-15-9-33-35-20(39)18(15)23(27,28)29)11-40-16-3-4-30-19(13(16)2)37-6-5-36(10-17(37)38)21-31-7-14(8-32-21)22(24,25)26/h3-4,7-9,12H,5-6,10-11H2,1-2H3,(H2,34,35,39)/t12-/m0/s1. The van der Waals surface area contributed by atoms with Gasteiger partial charge in [0.05, 0.1) is 23.5 Å². The number of alkyl halides is 6. The van der Waals surface area contributed by atoms with E-state index in [0.717, 1.165) is 6.20 Å². The largest absolute Gasteiger partial charge is 0.491 e. The van der Waals surface area contributed by atoms with E-state index < -0.39 is 46.7 Å². The molecule has 4 heterocycles. The number of hydrogen-bond acceptors (Lipinski definition) is 9. The average molecular weight is 572 g/mol. The number of carbonyl (C=O) groups is 1. The van der Waals surface area contributed by atoms with Crippen LogP contribution in [0, 0.1) is 6.92 Å². The Morgan fingerprint density at radius 1 is 1.05 bits per heavy atom. The highest BCUT2D eigenvalue weighted by molar-refractivity contribution is 5.97. The summed E-state index contributed by atoms with van der Waals surface area (Å²) in [4.78, 5) is 39.1. The first-order chi connectivity index (χ1) is 18.8. The Morgan fingerprint density at radius 3 is 2.38 bits per heavy atom. The quantitative estimate of drug-likeness (QED) is 0.411. The van der Waals surface area contributed by atoms with Gasteiger partial charge in [-0.2, -0.15) is 31.4 Å². The smallest absolute Gasteiger partial charge is 0.423 e. The minimum Gasteiger partial charge on any atom is -0.491 e. The first-order valence-corrected chi connectivity index (χ1v) is 11.7. The second kappa shape index (κ2) is 11.0. The third kappa shape index (κ3) is 6.23. The Labute approximate surface area is 222 Å². The van der Waals surface area contributed by atoms with Crippen LogP contribution in [0.2, 0.25) is 0 Å². The van der Waals surface area contributed by atoms with Crippen molar-refractivity contribution >= 4 is 23.4 Å². The minimum absolute atomic E-state index is 0.0199. The number of hydrogen-bond donors (Lipinski definition) is 2. The zero-order valence-electron chi connectivity index (χ0n) is 21.0. The maximum absolute atomic E-state index is 13.3. The van der Waals surface area contributed by atoms with E-state index in [1.807, 2.05) is 0 Å². The number of nitrogens with zero attached hydrogens (tertiary/aromatic N) is 6. The van der Waals surface area contributed by atoms with Crippen LogP contribution in [0.4, 0.5) is 43.8 Å². The van der Waals surface area contributed by atoms with Crippen molar-refractivity contribution in [1.29, 1.82) is 0 Å². The predicted octanol–water partition coefficient (Wildman–Crippen LogP) is 3.03. The maximum Gasteiger partial charge on any atom is 0.423 e. The fraction of sp³-hybridized carbons (Fsp3) is 0.391. The van der Waals surface area contributed by atoms with Crippen LogP contribution >= 0.6 is 0 Å². The Kier molecular flexibility index (Phi) is 7.84. The second-order valence-corrected chi connectivity index (χ2v) is 8.84. The normalized spacial score (nSPS) is 15.2. The minimum atomic E-state index is -4.90. The molecule has 1 aliphatic rings. The number of carbonyl (C=O) groups excluding carboxylic acids is 1. The number of aromatic nitrogens is 5. The zero-order chi connectivity index (χ0) is 29.2. The van der Waals surface area contributed by atoms with Crippen LogP contribution in [0.3, 0.4) is 0 Å². The molecule has 0 unspecified atom stereocenters. The molecule has 0 saturated carbocycles. The lowest BCUT2D eigenvalue weighted by Gasteiger charge is -2.34. The highest BCUT2D eigenvalue weighted by atomic mass is 19.4. The molecule has 3 aromatic rings. The zero-order valence-corrected chi connectivity index (χ0v) is 21.0. The molecule has 11 nitrogen and oxygen atoms in total. The van der Waals surface area contributed by atoms with E-state index in [0.29, 0.717) is 23.7 Å². The number of amides is 1. The molecule has 1 saturated heterocycles. The average Bonchev–Trinajstić information content (AvgIpc) is 2.87. The van der Waals surface area contributed by atoms with Gasteiger partial charge in [0, 0.05) is 37.2 Å². The van der Waals surface area contributed by atoms with Gasteiger partial charge in [-0.05, 0) is 19.9 Å². The Bertz CT molecular complexity index is 1430. The second-order valence-electron chi connectivity index (χ2n) is 8.84. The molecule has 0 spiro atoms. The molecule has 1 atom stereocenters. The fourth-order valence-corrected chi connectivity index (χ4v) is 3.95. The van der Waals surface area contributed by atoms with Crippen molar-refractivity contribution in [3.05, 3.63) is 57.9 Å². The van der Waals surface area contributed by atoms with Gasteiger partial charge in [0.25, 0.3) is 5.56 Å². The summed E-state index contributed by atoms with van der Waals surface area (Å²) in [5.41, 5.74) is -3.81. The lowest BCUT2D eigenvalue weighted by molar-refractivity contribution is -0.139. The van der Waals surface area contributed by atoms with Gasteiger partial charge in [0.1, 0.15) is 30.3 Å². The molecule has 3 aromatic heterocycles. The van der Waals surface area contributed by atoms with Crippen molar-refractivity contribution in [2.45, 2.75) is 32.2 Å². The monoisotopic (exact) mass is 572 g/mol. The number of halogens is 6. The van der Waals surface area contributed by atoms with Gasteiger partial charge in [-0.3, -0.25) is 14.5 Å². The molecular formula is C23H22F6N8O3. The van der Waals surface area contributed by atoms with E-state index in [-0.39, 0.29) is 38.0 Å². The van der Waals surface area contributed by atoms with Crippen LogP contribution in [-0.4, -0.2) is 63.3 Å². The van der Waals surface area contributed by atoms with E-state index >= 15 is 0 Å². The number of aromatic amines is 1. The molecule has 214 valence electrons. The predicted molar refractivity (Wildman–Crippen MR) is 129 cm³/mol. The fourth-order valence-electron chi connectivity index (χ4n) is 3.95. The third-order valence-corrected chi connectivity index (χ3v) is 5.88. The van der Waals surface area contributed by atoms with Gasteiger partial charge >= 0.3 is 12.4 Å². The number of ether oxygens (including phenoxy) is 1. The molecule has 1 fully saturated rings. The van der Waals surface area contributed by atoms with E-state index in [4.69, 9.17) is 4.74 Å². The SMILES string of the molecule is Cc1c(OC[C@H](C)Nc2cn[nH]c(=O)c2C(F)(F)F)ccnc1N1CCN(c2ncc(C(F)(F)F)cn2)CC1=O. The van der Waals surface area contributed by atoms with E-state index in [9.17, 15) is 35.9 Å². The summed E-state index contributed by atoms with van der Waals surface area (Å²) in [7, 11) is 0. The van der Waals surface area contributed by atoms with Crippen LogP contribution in [-0.2, 0) is 17.1 Å². The highest BCUT2D eigenvalue weighted by Gasteiger charge is 2.38. The van der Waals surface area contributed by atoms with Crippen LogP contribution in [0.5, 0.6) is 5.75 Å². The van der Waals surface area contributed by atoms with Crippen LogP contribution in [0.25, 0.3) is 0 Å². The van der Waals surface area contributed by atoms with Crippen LogP contribution in [0.15, 0.2) is 35.6 Å². The summed E-state index contributed by atoms with van der Waals surface area (Å²) in [5, 5.41) is 7.75. The van der Waals surface area contributed by atoms with Gasteiger partial charge in [-0.25, -0.2) is 20.1 Å². The molecule has 40 heavy (non-hydrogen) atoms. The number of pyridine rings is 1. The number of H-pyrrole nitrogens is 1. The highest BCUT2D eigenvalue weighted by Crippen LogP contribution is 2.32. The molecule has 17 heteroatoms. The van der Waals surface area contributed by atoms with Crippen molar-refractivity contribution in [2.75, 3.05) is 41.4 Å². The number of anilines is 3. The third-order valence-electron chi connectivity index (χ3n) is 5.88. The summed E-state index contributed by atoms with van der Waals surface area (Å²) >= 11 is 0. The molecule has 2 N–H and O–H groups in total. The van der Waals surface area contributed by atoms with Crippen molar-refractivity contribution in [3.63, 3.8) is 0 Å². The molecular weight excluding hydrogens is 550 g/mol. The summed E-state index contributed by atoms with van der Waals surface area (Å²) in [6.45, 7) is 3.23. The Hall–Kier alpha value is -4.44. The molecule has 4 rings (SSSR count). The van der Waals surface area contributed by atoms with Crippen molar-refractivity contribution < 1.29 is 35.9 Å². The Morgan fingerprint density at radius 2 is 1.75 bits per heavy atom. The van der Waals surface area contributed by atoms with Gasteiger partial charge in [-0.1, -0.05) is 0 Å². The first kappa shape index (κ1) is 28.6. The van der Waals surface area contributed by atoms with E-state index in [1.165, 1.54) is 22.1 Å². The van der Waals surface area contributed by atoms with Gasteiger partial charge in [0.15, 0.2) is 0 Å². The van der Waals surface area contributed by atoms with Gasteiger partial charge < -0.3 is 15.0 Å². The topological polar surface area (TPSA) is 129 Å². The van der Waals surface area contributed by atoms with E-state index in [2.05, 4.69) is 25.4 Å². The van der Waals surface area contributed by atoms with Crippen molar-refractivity contribution in [1.82, 2.24) is 25.1 Å². The molecule has 0 bridgehead atoms. The summed E-state index contributed by atoms with van der Waals surface area (Å²) in [6, 6.07) is 0.841. The maximum atomic E-state index is 13.3. The summed E-state index contributed by atoms with van der Waals surface area (Å²) in [6.07, 6.45) is -5.92. The number of rotatable bonds is 7.